The molecule has 0 aliphatic heterocycles. The summed E-state index contributed by atoms with van der Waals surface area (Å²) in [6, 6.07) is 0. The van der Waals surface area contributed by atoms with Gasteiger partial charge in [-0.25, -0.2) is 0 Å². The Hall–Kier alpha value is -0.470. The molecule has 7 fully saturated rings. The van der Waals surface area contributed by atoms with Crippen molar-refractivity contribution in [3.8, 4) is 0 Å². The van der Waals surface area contributed by atoms with Gasteiger partial charge in [-0.3, -0.25) is 0 Å². The lowest BCUT2D eigenvalue weighted by Gasteiger charge is -2.37. The van der Waals surface area contributed by atoms with E-state index in [-0.39, 0.29) is 0 Å². The average Bonchev–Trinajstić information content (AvgIpc) is 3.80. The molecule has 17 unspecified atom stereocenters. The molecule has 3 nitrogen and oxygen atoms in total. The van der Waals surface area contributed by atoms with Gasteiger partial charge >= 0.3 is 8.60 Å². The van der Waals surface area contributed by atoms with Crippen molar-refractivity contribution in [2.75, 3.05) is 19.8 Å². The highest BCUT2D eigenvalue weighted by Crippen LogP contribution is 2.68. The largest absolute Gasteiger partial charge is 0.332 e. The molecular formula is C34H45O3P. The van der Waals surface area contributed by atoms with E-state index in [1.807, 2.05) is 0 Å². The van der Waals surface area contributed by atoms with Crippen LogP contribution in [0.5, 0.6) is 0 Å². The van der Waals surface area contributed by atoms with E-state index in [2.05, 4.69) is 36.5 Å². The molecule has 204 valence electrons. The Morgan fingerprint density at radius 1 is 0.447 bits per heavy atom. The molecule has 17 atom stereocenters. The van der Waals surface area contributed by atoms with Gasteiger partial charge in [-0.15, -0.1) is 0 Å². The van der Waals surface area contributed by atoms with Gasteiger partial charge in [0, 0.05) is 0 Å². The van der Waals surface area contributed by atoms with E-state index in [0.717, 1.165) is 115 Å². The van der Waals surface area contributed by atoms with Gasteiger partial charge in [0.15, 0.2) is 0 Å². The molecule has 0 spiro atoms. The fourth-order valence-corrected chi connectivity index (χ4v) is 14.5. The van der Waals surface area contributed by atoms with Crippen molar-refractivity contribution in [3.05, 3.63) is 36.5 Å². The maximum Gasteiger partial charge on any atom is 0.332 e. The van der Waals surface area contributed by atoms with Crippen LogP contribution in [0.25, 0.3) is 0 Å². The van der Waals surface area contributed by atoms with E-state index in [1.54, 1.807) is 0 Å². The quantitative estimate of drug-likeness (QED) is 0.173. The minimum Gasteiger partial charge on any atom is -0.312 e. The molecule has 4 heteroatoms. The third kappa shape index (κ3) is 3.29. The van der Waals surface area contributed by atoms with E-state index in [9.17, 15) is 0 Å². The summed E-state index contributed by atoms with van der Waals surface area (Å²) in [5, 5.41) is 0. The van der Waals surface area contributed by atoms with E-state index in [4.69, 9.17) is 13.6 Å². The number of fused-ring (bicyclic) bond motifs is 20. The van der Waals surface area contributed by atoms with Crippen LogP contribution in [-0.2, 0) is 13.6 Å². The maximum atomic E-state index is 6.70. The fraction of sp³-hybridized carbons (Fsp3) is 0.824. The van der Waals surface area contributed by atoms with Gasteiger partial charge in [-0.2, -0.15) is 0 Å². The molecule has 10 aliphatic rings. The first-order valence-electron chi connectivity index (χ1n) is 16.5. The standard InChI is InChI=1S/C34H45O3P/c1-2-19-7-18(1)8-26(19)15-35-38(36-16-27-11-24-13-29(27)33-22-5-3-20(9-22)31(24)33)37-17-28-12-25-14-30(28)34-23-6-4-21(10-23)32(25)34/h1-6,18-34H,7-17H2. The molecule has 0 saturated heterocycles. The molecule has 0 radical (unpaired) electrons. The highest BCUT2D eigenvalue weighted by Gasteiger charge is 2.62. The summed E-state index contributed by atoms with van der Waals surface area (Å²) >= 11 is 0. The summed E-state index contributed by atoms with van der Waals surface area (Å²) in [5.41, 5.74) is 0. The van der Waals surface area contributed by atoms with Gasteiger partial charge in [-0.1, -0.05) is 36.5 Å². The van der Waals surface area contributed by atoms with Crippen LogP contribution in [0.2, 0.25) is 0 Å². The van der Waals surface area contributed by atoms with Gasteiger partial charge in [0.25, 0.3) is 0 Å². The minimum atomic E-state index is -1.23. The Balaban J connectivity index is 0.801. The second-order valence-electron chi connectivity index (χ2n) is 15.7. The topological polar surface area (TPSA) is 27.7 Å². The van der Waals surface area contributed by atoms with Crippen LogP contribution in [0.4, 0.5) is 0 Å². The zero-order valence-electron chi connectivity index (χ0n) is 22.7. The van der Waals surface area contributed by atoms with Crippen molar-refractivity contribution in [1.82, 2.24) is 0 Å². The number of allylic oxidation sites excluding steroid dienone is 6. The van der Waals surface area contributed by atoms with Crippen LogP contribution < -0.4 is 0 Å². The van der Waals surface area contributed by atoms with Gasteiger partial charge in [-0.05, 0) is 152 Å². The van der Waals surface area contributed by atoms with Gasteiger partial charge in [0.1, 0.15) is 0 Å². The normalized spacial score (nSPS) is 59.2. The third-order valence-corrected chi connectivity index (χ3v) is 15.5. The molecule has 38 heavy (non-hydrogen) atoms. The summed E-state index contributed by atoms with van der Waals surface area (Å²) in [5.74, 6) is 14.9. The highest BCUT2D eigenvalue weighted by atomic mass is 31.2. The SMILES string of the molecule is C1=CC2CC1CC2COP(OCC1CC2CC1C1C3C=CC(C3)C21)OCC1CC2CC1C1C3C=CC(C3)C21. The maximum absolute atomic E-state index is 6.70. The Bertz CT molecular complexity index is 1000. The van der Waals surface area contributed by atoms with Crippen LogP contribution in [0.15, 0.2) is 36.5 Å². The molecule has 0 amide bonds. The number of rotatable bonds is 9. The molecule has 0 N–H and O–H groups in total. The Morgan fingerprint density at radius 3 is 1.45 bits per heavy atom. The Kier molecular flexibility index (Phi) is 5.19. The minimum absolute atomic E-state index is 0.676. The van der Waals surface area contributed by atoms with Gasteiger partial charge in [0.2, 0.25) is 0 Å². The first-order chi connectivity index (χ1) is 18.8. The van der Waals surface area contributed by atoms with E-state index < -0.39 is 8.60 Å². The van der Waals surface area contributed by atoms with E-state index in [1.165, 1.54) is 51.4 Å². The number of hydrogen-bond acceptors (Lipinski definition) is 3. The summed E-state index contributed by atoms with van der Waals surface area (Å²) in [4.78, 5) is 0. The zero-order chi connectivity index (χ0) is 24.5. The average molecular weight is 533 g/mol. The second-order valence-corrected chi connectivity index (χ2v) is 16.9. The third-order valence-electron chi connectivity index (χ3n) is 14.4. The van der Waals surface area contributed by atoms with Crippen molar-refractivity contribution in [2.24, 2.45) is 101 Å². The first kappa shape index (κ1) is 23.1. The Labute approximate surface area is 230 Å². The molecular weight excluding hydrogens is 487 g/mol. The second kappa shape index (κ2) is 8.53. The van der Waals surface area contributed by atoms with Crippen LogP contribution in [-0.4, -0.2) is 19.8 Å². The fourth-order valence-electron chi connectivity index (χ4n) is 13.4. The summed E-state index contributed by atoms with van der Waals surface area (Å²) in [6.45, 7) is 2.59. The molecule has 0 aromatic carbocycles. The van der Waals surface area contributed by atoms with Crippen LogP contribution in [0.3, 0.4) is 0 Å². The summed E-state index contributed by atoms with van der Waals surface area (Å²) in [7, 11) is -1.23. The van der Waals surface area contributed by atoms with Crippen molar-refractivity contribution in [1.29, 1.82) is 0 Å². The smallest absolute Gasteiger partial charge is 0.312 e. The predicted octanol–water partition coefficient (Wildman–Crippen LogP) is 7.66. The molecule has 0 heterocycles. The zero-order valence-corrected chi connectivity index (χ0v) is 23.6. The highest BCUT2D eigenvalue weighted by molar-refractivity contribution is 7.41. The molecule has 10 rings (SSSR count). The van der Waals surface area contributed by atoms with E-state index in [0.29, 0.717) is 5.92 Å². The van der Waals surface area contributed by atoms with Crippen LogP contribution in [0.1, 0.15) is 51.4 Å². The molecule has 0 aromatic rings. The Morgan fingerprint density at radius 2 is 0.947 bits per heavy atom. The molecule has 0 aromatic heterocycles. The van der Waals surface area contributed by atoms with E-state index >= 15 is 0 Å². The van der Waals surface area contributed by atoms with Crippen molar-refractivity contribution < 1.29 is 13.6 Å². The molecule has 10 bridgehead atoms. The van der Waals surface area contributed by atoms with Crippen LogP contribution >= 0.6 is 8.60 Å². The van der Waals surface area contributed by atoms with Crippen LogP contribution in [0, 0.1) is 101 Å². The molecule has 7 saturated carbocycles. The lowest BCUT2D eigenvalue weighted by molar-refractivity contribution is 0.0625. The first-order valence-corrected chi connectivity index (χ1v) is 17.6. The predicted molar refractivity (Wildman–Crippen MR) is 148 cm³/mol. The monoisotopic (exact) mass is 532 g/mol. The van der Waals surface area contributed by atoms with Crippen molar-refractivity contribution in [2.45, 2.75) is 51.4 Å². The van der Waals surface area contributed by atoms with Crippen molar-refractivity contribution in [3.63, 3.8) is 0 Å². The lowest BCUT2D eigenvalue weighted by Crippen LogP contribution is -2.33. The van der Waals surface area contributed by atoms with Gasteiger partial charge in [0.05, 0.1) is 19.8 Å². The molecule has 10 aliphatic carbocycles. The lowest BCUT2D eigenvalue weighted by atomic mass is 9.70. The van der Waals surface area contributed by atoms with Crippen molar-refractivity contribution >= 4 is 8.60 Å². The summed E-state index contributed by atoms with van der Waals surface area (Å²) in [6.07, 6.45) is 26.5. The number of hydrogen-bond donors (Lipinski definition) is 0. The van der Waals surface area contributed by atoms with Gasteiger partial charge < -0.3 is 13.6 Å². The summed E-state index contributed by atoms with van der Waals surface area (Å²) < 4.78 is 20.0.